The Morgan fingerprint density at radius 1 is 1.19 bits per heavy atom. The number of piperidine rings is 2. The van der Waals surface area contributed by atoms with Gasteiger partial charge in [0.05, 0.1) is 0 Å². The first-order valence-corrected chi connectivity index (χ1v) is 10.5. The average Bonchev–Trinajstić information content (AvgIpc) is 2.68. The Kier molecular flexibility index (Phi) is 12.0. The van der Waals surface area contributed by atoms with E-state index in [2.05, 4.69) is 17.6 Å². The Balaban J connectivity index is 0.00000364. The van der Waals surface area contributed by atoms with Gasteiger partial charge in [0, 0.05) is 45.2 Å². The first-order chi connectivity index (χ1) is 12.6. The van der Waals surface area contributed by atoms with Gasteiger partial charge in [-0.25, -0.2) is 0 Å². The van der Waals surface area contributed by atoms with Crippen LogP contribution in [0.4, 0.5) is 0 Å². The maximum absolute atomic E-state index is 12.6. The molecule has 7 heteroatoms. The lowest BCUT2D eigenvalue weighted by Gasteiger charge is -2.34. The summed E-state index contributed by atoms with van der Waals surface area (Å²) >= 11 is 0. The van der Waals surface area contributed by atoms with Crippen molar-refractivity contribution < 1.29 is 14.3 Å². The fourth-order valence-corrected chi connectivity index (χ4v) is 4.05. The highest BCUT2D eigenvalue weighted by Crippen LogP contribution is 2.26. The number of carbonyl (C=O) groups is 2. The summed E-state index contributed by atoms with van der Waals surface area (Å²) in [6.45, 7) is 9.87. The van der Waals surface area contributed by atoms with Gasteiger partial charge in [0.25, 0.3) is 0 Å². The van der Waals surface area contributed by atoms with E-state index in [9.17, 15) is 9.59 Å². The van der Waals surface area contributed by atoms with Gasteiger partial charge in [0.15, 0.2) is 0 Å². The van der Waals surface area contributed by atoms with E-state index in [1.165, 1.54) is 12.8 Å². The van der Waals surface area contributed by atoms with Gasteiger partial charge in [-0.3, -0.25) is 9.59 Å². The molecule has 1 atom stereocenters. The fourth-order valence-electron chi connectivity index (χ4n) is 4.05. The van der Waals surface area contributed by atoms with E-state index < -0.39 is 0 Å². The van der Waals surface area contributed by atoms with Gasteiger partial charge >= 0.3 is 0 Å². The summed E-state index contributed by atoms with van der Waals surface area (Å²) in [7, 11) is 0. The molecule has 0 aromatic heterocycles. The van der Waals surface area contributed by atoms with E-state index in [0.717, 1.165) is 52.0 Å². The van der Waals surface area contributed by atoms with E-state index in [-0.39, 0.29) is 30.1 Å². The quantitative estimate of drug-likeness (QED) is 0.579. The van der Waals surface area contributed by atoms with Crippen LogP contribution in [0, 0.1) is 17.8 Å². The lowest BCUT2D eigenvalue weighted by Crippen LogP contribution is -2.44. The summed E-state index contributed by atoms with van der Waals surface area (Å²) in [5, 5.41) is 6.39. The SMILES string of the molecule is CCOCCCNC(=O)C1CCN(C(=O)CC(C)C2CCNCC2)CC1.Cl. The summed E-state index contributed by atoms with van der Waals surface area (Å²) in [6.07, 6.45) is 5.43. The van der Waals surface area contributed by atoms with Gasteiger partial charge in [0.2, 0.25) is 11.8 Å². The van der Waals surface area contributed by atoms with Gasteiger partial charge in [-0.05, 0) is 64.0 Å². The van der Waals surface area contributed by atoms with Crippen molar-refractivity contribution in [2.45, 2.75) is 52.4 Å². The molecule has 0 aromatic carbocycles. The molecule has 27 heavy (non-hydrogen) atoms. The minimum Gasteiger partial charge on any atom is -0.382 e. The monoisotopic (exact) mass is 403 g/mol. The van der Waals surface area contributed by atoms with Crippen LogP contribution >= 0.6 is 12.4 Å². The third-order valence-corrected chi connectivity index (χ3v) is 5.87. The molecular formula is C20H38ClN3O3. The third-order valence-electron chi connectivity index (χ3n) is 5.87. The molecule has 2 rings (SSSR count). The smallest absolute Gasteiger partial charge is 0.223 e. The van der Waals surface area contributed by atoms with Crippen LogP contribution in [0.15, 0.2) is 0 Å². The molecule has 0 spiro atoms. The Hall–Kier alpha value is -0.850. The van der Waals surface area contributed by atoms with E-state index in [4.69, 9.17) is 4.74 Å². The summed E-state index contributed by atoms with van der Waals surface area (Å²) in [4.78, 5) is 26.8. The number of likely N-dealkylation sites (tertiary alicyclic amines) is 1. The largest absolute Gasteiger partial charge is 0.382 e. The van der Waals surface area contributed by atoms with Crippen LogP contribution in [-0.2, 0) is 14.3 Å². The molecule has 0 bridgehead atoms. The average molecular weight is 404 g/mol. The molecule has 0 aliphatic carbocycles. The maximum Gasteiger partial charge on any atom is 0.223 e. The van der Waals surface area contributed by atoms with Crippen molar-refractivity contribution in [1.82, 2.24) is 15.5 Å². The zero-order valence-electron chi connectivity index (χ0n) is 17.0. The second kappa shape index (κ2) is 13.3. The Morgan fingerprint density at radius 3 is 2.48 bits per heavy atom. The number of nitrogens with one attached hydrogen (secondary N) is 2. The van der Waals surface area contributed by atoms with Crippen LogP contribution in [0.3, 0.4) is 0 Å². The molecule has 2 aliphatic rings. The van der Waals surface area contributed by atoms with E-state index in [0.29, 0.717) is 31.4 Å². The van der Waals surface area contributed by atoms with Gasteiger partial charge in [-0.15, -0.1) is 12.4 Å². The Labute approximate surface area is 170 Å². The zero-order chi connectivity index (χ0) is 18.8. The van der Waals surface area contributed by atoms with Crippen molar-refractivity contribution in [3.8, 4) is 0 Å². The van der Waals surface area contributed by atoms with Crippen molar-refractivity contribution in [3.63, 3.8) is 0 Å². The second-order valence-corrected chi connectivity index (χ2v) is 7.77. The highest BCUT2D eigenvalue weighted by Gasteiger charge is 2.29. The minimum absolute atomic E-state index is 0. The van der Waals surface area contributed by atoms with E-state index in [1.54, 1.807) is 0 Å². The number of hydrogen-bond acceptors (Lipinski definition) is 4. The molecule has 158 valence electrons. The van der Waals surface area contributed by atoms with Gasteiger partial charge in [-0.1, -0.05) is 6.92 Å². The molecule has 2 saturated heterocycles. The predicted molar refractivity (Wildman–Crippen MR) is 110 cm³/mol. The highest BCUT2D eigenvalue weighted by molar-refractivity contribution is 5.85. The first-order valence-electron chi connectivity index (χ1n) is 10.5. The molecule has 2 fully saturated rings. The highest BCUT2D eigenvalue weighted by atomic mass is 35.5. The standard InChI is InChI=1S/C20H37N3O3.ClH/c1-3-26-14-4-9-22-20(25)18-7-12-23(13-8-18)19(24)15-16(2)17-5-10-21-11-6-17;/h16-18,21H,3-15H2,1-2H3,(H,22,25);1H. The molecule has 1 unspecified atom stereocenters. The molecule has 2 N–H and O–H groups in total. The lowest BCUT2D eigenvalue weighted by atomic mass is 9.83. The third kappa shape index (κ3) is 8.36. The second-order valence-electron chi connectivity index (χ2n) is 7.77. The molecule has 0 saturated carbocycles. The Morgan fingerprint density at radius 2 is 1.85 bits per heavy atom. The molecule has 2 heterocycles. The summed E-state index contributed by atoms with van der Waals surface area (Å²) in [6, 6.07) is 0. The molecule has 0 radical (unpaired) electrons. The van der Waals surface area contributed by atoms with Crippen LogP contribution in [0.1, 0.15) is 52.4 Å². The van der Waals surface area contributed by atoms with Gasteiger partial charge in [-0.2, -0.15) is 0 Å². The zero-order valence-corrected chi connectivity index (χ0v) is 17.8. The molecule has 6 nitrogen and oxygen atoms in total. The topological polar surface area (TPSA) is 70.7 Å². The molecular weight excluding hydrogens is 366 g/mol. The van der Waals surface area contributed by atoms with Crippen LogP contribution < -0.4 is 10.6 Å². The fraction of sp³-hybridized carbons (Fsp3) is 0.900. The van der Waals surface area contributed by atoms with E-state index in [1.807, 2.05) is 11.8 Å². The van der Waals surface area contributed by atoms with Crippen molar-refractivity contribution in [2.75, 3.05) is 45.9 Å². The number of nitrogens with zero attached hydrogens (tertiary/aromatic N) is 1. The summed E-state index contributed by atoms with van der Waals surface area (Å²) in [5.41, 5.74) is 0. The van der Waals surface area contributed by atoms with Crippen LogP contribution in [0.25, 0.3) is 0 Å². The number of halogens is 1. The summed E-state index contributed by atoms with van der Waals surface area (Å²) in [5.74, 6) is 1.58. The molecule has 2 amide bonds. The Bertz CT molecular complexity index is 436. The van der Waals surface area contributed by atoms with Crippen LogP contribution in [-0.4, -0.2) is 62.7 Å². The summed E-state index contributed by atoms with van der Waals surface area (Å²) < 4.78 is 5.28. The predicted octanol–water partition coefficient (Wildman–Crippen LogP) is 2.22. The number of rotatable bonds is 9. The van der Waals surface area contributed by atoms with Crippen molar-refractivity contribution in [3.05, 3.63) is 0 Å². The maximum atomic E-state index is 12.6. The number of ether oxygens (including phenoxy) is 1. The number of hydrogen-bond donors (Lipinski definition) is 2. The normalized spacial score (nSPS) is 20.0. The van der Waals surface area contributed by atoms with Gasteiger partial charge in [0.1, 0.15) is 0 Å². The number of amides is 2. The minimum atomic E-state index is 0. The van der Waals surface area contributed by atoms with Crippen molar-refractivity contribution in [1.29, 1.82) is 0 Å². The molecule has 2 aliphatic heterocycles. The first kappa shape index (κ1) is 24.2. The number of carbonyl (C=O) groups excluding carboxylic acids is 2. The van der Waals surface area contributed by atoms with Crippen molar-refractivity contribution in [2.24, 2.45) is 17.8 Å². The van der Waals surface area contributed by atoms with Gasteiger partial charge < -0.3 is 20.3 Å². The van der Waals surface area contributed by atoms with Crippen LogP contribution in [0.2, 0.25) is 0 Å². The van der Waals surface area contributed by atoms with E-state index >= 15 is 0 Å². The lowest BCUT2D eigenvalue weighted by molar-refractivity contribution is -0.136. The molecule has 0 aromatic rings. The van der Waals surface area contributed by atoms with Crippen LogP contribution in [0.5, 0.6) is 0 Å². The van der Waals surface area contributed by atoms with Crippen molar-refractivity contribution >= 4 is 24.2 Å².